The Morgan fingerprint density at radius 1 is 0.719 bits per heavy atom. The summed E-state index contributed by atoms with van der Waals surface area (Å²) >= 11 is 0. The molecule has 0 amide bonds. The van der Waals surface area contributed by atoms with E-state index in [0.29, 0.717) is 11.6 Å². The number of allylic oxidation sites excluding steroid dienone is 4. The van der Waals surface area contributed by atoms with Gasteiger partial charge in [0.1, 0.15) is 11.2 Å². The Labute approximate surface area is 185 Å². The molecule has 0 spiro atoms. The van der Waals surface area contributed by atoms with Crippen LogP contribution >= 0.6 is 0 Å². The molecule has 3 aromatic carbocycles. The molecule has 1 aliphatic rings. The highest BCUT2D eigenvalue weighted by Gasteiger charge is 2.13. The minimum Gasteiger partial charge on any atom is -0.456 e. The zero-order valence-electron chi connectivity index (χ0n) is 17.3. The van der Waals surface area contributed by atoms with E-state index in [9.17, 15) is 0 Å². The minimum atomic E-state index is 0.193. The Morgan fingerprint density at radius 3 is 2.25 bits per heavy atom. The molecule has 2 N–H and O–H groups in total. The Kier molecular flexibility index (Phi) is 4.32. The summed E-state index contributed by atoms with van der Waals surface area (Å²) in [5, 5.41) is 2.16. The topological polar surface area (TPSA) is 77.8 Å². The molecule has 2 heterocycles. The van der Waals surface area contributed by atoms with Crippen LogP contribution in [0.5, 0.6) is 0 Å². The SMILES string of the molecule is Nc1nc(-c2ccc(C3=CC=CCC3)cc2)nc(-c2ccc3c(c2)oc2ccccc23)n1. The smallest absolute Gasteiger partial charge is 0.224 e. The number of aromatic nitrogens is 3. The van der Waals surface area contributed by atoms with Gasteiger partial charge in [-0.1, -0.05) is 66.8 Å². The zero-order valence-corrected chi connectivity index (χ0v) is 17.3. The lowest BCUT2D eigenvalue weighted by atomic mass is 9.96. The third kappa shape index (κ3) is 3.24. The van der Waals surface area contributed by atoms with E-state index in [0.717, 1.165) is 45.9 Å². The number of para-hydroxylation sites is 1. The highest BCUT2D eigenvalue weighted by molar-refractivity contribution is 6.05. The Bertz CT molecular complexity index is 1530. The van der Waals surface area contributed by atoms with Crippen molar-refractivity contribution in [2.75, 3.05) is 5.73 Å². The number of hydrogen-bond donors (Lipinski definition) is 1. The molecule has 0 saturated carbocycles. The van der Waals surface area contributed by atoms with Crippen molar-refractivity contribution in [3.05, 3.63) is 90.5 Å². The molecule has 0 fully saturated rings. The summed E-state index contributed by atoms with van der Waals surface area (Å²) in [6, 6.07) is 22.3. The summed E-state index contributed by atoms with van der Waals surface area (Å²) in [6.07, 6.45) is 8.62. The summed E-state index contributed by atoms with van der Waals surface area (Å²) in [5.74, 6) is 1.28. The van der Waals surface area contributed by atoms with Gasteiger partial charge in [-0.3, -0.25) is 0 Å². The summed E-state index contributed by atoms with van der Waals surface area (Å²) in [6.45, 7) is 0. The molecular weight excluding hydrogens is 396 g/mol. The van der Waals surface area contributed by atoms with Crippen LogP contribution in [0.3, 0.4) is 0 Å². The Hall–Kier alpha value is -4.25. The zero-order chi connectivity index (χ0) is 21.5. The maximum absolute atomic E-state index is 6.05. The number of rotatable bonds is 3. The minimum absolute atomic E-state index is 0.193. The first kappa shape index (κ1) is 18.5. The molecule has 0 radical (unpaired) electrons. The lowest BCUT2D eigenvalue weighted by Gasteiger charge is -2.10. The maximum atomic E-state index is 6.05. The standard InChI is InChI=1S/C27H20N4O/c28-27-30-25(19-12-10-18(11-13-19)17-6-2-1-3-7-17)29-26(31-27)20-14-15-22-21-8-4-5-9-23(21)32-24(22)16-20/h1-2,4-6,8-16H,3,7H2,(H2,28,29,30,31). The average molecular weight is 416 g/mol. The first-order valence-corrected chi connectivity index (χ1v) is 10.6. The van der Waals surface area contributed by atoms with Gasteiger partial charge in [0.15, 0.2) is 11.6 Å². The van der Waals surface area contributed by atoms with Crippen LogP contribution in [0.4, 0.5) is 5.95 Å². The third-order valence-electron chi connectivity index (χ3n) is 5.82. The van der Waals surface area contributed by atoms with Crippen LogP contribution < -0.4 is 5.73 Å². The normalized spacial score (nSPS) is 13.6. The summed E-state index contributed by atoms with van der Waals surface area (Å²) in [5.41, 5.74) is 12.0. The predicted octanol–water partition coefficient (Wildman–Crippen LogP) is 6.42. The van der Waals surface area contributed by atoms with Gasteiger partial charge < -0.3 is 10.2 Å². The maximum Gasteiger partial charge on any atom is 0.224 e. The fourth-order valence-electron chi connectivity index (χ4n) is 4.19. The van der Waals surface area contributed by atoms with Gasteiger partial charge in [-0.15, -0.1) is 0 Å². The van der Waals surface area contributed by atoms with Crippen LogP contribution in [0.1, 0.15) is 18.4 Å². The second kappa shape index (κ2) is 7.46. The van der Waals surface area contributed by atoms with Gasteiger partial charge in [0, 0.05) is 21.9 Å². The summed E-state index contributed by atoms with van der Waals surface area (Å²) in [7, 11) is 0. The van der Waals surface area contributed by atoms with Crippen LogP contribution in [0.2, 0.25) is 0 Å². The van der Waals surface area contributed by atoms with Gasteiger partial charge in [-0.25, -0.2) is 4.98 Å². The monoisotopic (exact) mass is 416 g/mol. The number of nitrogens with two attached hydrogens (primary N) is 1. The summed E-state index contributed by atoms with van der Waals surface area (Å²) < 4.78 is 6.02. The van der Waals surface area contributed by atoms with E-state index in [1.807, 2.05) is 48.5 Å². The van der Waals surface area contributed by atoms with Gasteiger partial charge in [-0.05, 0) is 42.2 Å². The largest absolute Gasteiger partial charge is 0.456 e. The van der Waals surface area contributed by atoms with Gasteiger partial charge in [-0.2, -0.15) is 9.97 Å². The van der Waals surface area contributed by atoms with E-state index in [-0.39, 0.29) is 5.95 Å². The number of benzene rings is 3. The van der Waals surface area contributed by atoms with E-state index in [1.165, 1.54) is 11.1 Å². The predicted molar refractivity (Wildman–Crippen MR) is 129 cm³/mol. The fourth-order valence-corrected chi connectivity index (χ4v) is 4.19. The molecule has 2 aromatic heterocycles. The molecule has 0 atom stereocenters. The molecular formula is C27H20N4O. The molecule has 0 aliphatic heterocycles. The second-order valence-electron chi connectivity index (χ2n) is 7.89. The molecule has 5 nitrogen and oxygen atoms in total. The van der Waals surface area contributed by atoms with Crippen molar-refractivity contribution in [1.29, 1.82) is 0 Å². The van der Waals surface area contributed by atoms with Crippen molar-refractivity contribution in [3.8, 4) is 22.8 Å². The van der Waals surface area contributed by atoms with Crippen LogP contribution in [0.15, 0.2) is 89.4 Å². The number of nitrogens with zero attached hydrogens (tertiary/aromatic N) is 3. The first-order valence-electron chi connectivity index (χ1n) is 10.6. The quantitative estimate of drug-likeness (QED) is 0.367. The number of hydrogen-bond acceptors (Lipinski definition) is 5. The van der Waals surface area contributed by atoms with E-state index < -0.39 is 0 Å². The van der Waals surface area contributed by atoms with Crippen LogP contribution in [-0.2, 0) is 0 Å². The Balaban J connectivity index is 1.39. The number of anilines is 1. The second-order valence-corrected chi connectivity index (χ2v) is 7.89. The average Bonchev–Trinajstić information content (AvgIpc) is 3.22. The molecule has 5 heteroatoms. The van der Waals surface area contributed by atoms with Crippen molar-refractivity contribution in [2.24, 2.45) is 0 Å². The van der Waals surface area contributed by atoms with Gasteiger partial charge in [0.25, 0.3) is 0 Å². The number of fused-ring (bicyclic) bond motifs is 3. The molecule has 0 bridgehead atoms. The van der Waals surface area contributed by atoms with Crippen molar-refractivity contribution in [3.63, 3.8) is 0 Å². The highest BCUT2D eigenvalue weighted by atomic mass is 16.3. The van der Waals surface area contributed by atoms with E-state index in [4.69, 9.17) is 15.1 Å². The molecule has 32 heavy (non-hydrogen) atoms. The lowest BCUT2D eigenvalue weighted by Crippen LogP contribution is -2.02. The van der Waals surface area contributed by atoms with E-state index >= 15 is 0 Å². The molecule has 5 aromatic rings. The molecule has 154 valence electrons. The third-order valence-corrected chi connectivity index (χ3v) is 5.82. The lowest BCUT2D eigenvalue weighted by molar-refractivity contribution is 0.669. The molecule has 0 unspecified atom stereocenters. The first-order chi connectivity index (χ1) is 15.7. The summed E-state index contributed by atoms with van der Waals surface area (Å²) in [4.78, 5) is 13.5. The van der Waals surface area contributed by atoms with Crippen LogP contribution in [0, 0.1) is 0 Å². The van der Waals surface area contributed by atoms with Crippen molar-refractivity contribution in [2.45, 2.75) is 12.8 Å². The van der Waals surface area contributed by atoms with Crippen LogP contribution in [-0.4, -0.2) is 15.0 Å². The fraction of sp³-hybridized carbons (Fsp3) is 0.0741. The Morgan fingerprint density at radius 2 is 1.44 bits per heavy atom. The van der Waals surface area contributed by atoms with Crippen molar-refractivity contribution in [1.82, 2.24) is 15.0 Å². The number of nitrogen functional groups attached to an aromatic ring is 1. The molecule has 6 rings (SSSR count). The van der Waals surface area contributed by atoms with Crippen molar-refractivity contribution >= 4 is 33.5 Å². The molecule has 0 saturated heterocycles. The van der Waals surface area contributed by atoms with Gasteiger partial charge in [0.2, 0.25) is 5.95 Å². The van der Waals surface area contributed by atoms with E-state index in [2.05, 4.69) is 46.4 Å². The number of furan rings is 1. The van der Waals surface area contributed by atoms with Crippen LogP contribution in [0.25, 0.3) is 50.3 Å². The van der Waals surface area contributed by atoms with Crippen molar-refractivity contribution < 1.29 is 4.42 Å². The molecule has 1 aliphatic carbocycles. The highest BCUT2D eigenvalue weighted by Crippen LogP contribution is 2.32. The van der Waals surface area contributed by atoms with Gasteiger partial charge >= 0.3 is 0 Å². The van der Waals surface area contributed by atoms with E-state index in [1.54, 1.807) is 0 Å². The van der Waals surface area contributed by atoms with Gasteiger partial charge in [0.05, 0.1) is 0 Å².